The number of amides is 2. The van der Waals surface area contributed by atoms with Crippen LogP contribution in [-0.2, 0) is 11.3 Å². The van der Waals surface area contributed by atoms with Crippen LogP contribution in [0.2, 0.25) is 0 Å². The average molecular weight is 465 g/mol. The zero-order chi connectivity index (χ0) is 24.9. The van der Waals surface area contributed by atoms with Gasteiger partial charge in [0.15, 0.2) is 0 Å². The molecular weight excluding hydrogens is 424 g/mol. The Labute approximate surface area is 204 Å². The molecule has 1 fully saturated rings. The molecule has 3 rings (SSSR count). The first kappa shape index (κ1) is 25.8. The van der Waals surface area contributed by atoms with Crippen LogP contribution >= 0.6 is 0 Å². The fourth-order valence-corrected chi connectivity index (χ4v) is 4.28. The molecule has 1 heterocycles. The summed E-state index contributed by atoms with van der Waals surface area (Å²) in [5.41, 5.74) is 10.2. The van der Waals surface area contributed by atoms with E-state index in [2.05, 4.69) is 31.0 Å². The second kappa shape index (κ2) is 11.0. The number of nitrogens with zero attached hydrogens (tertiary/aromatic N) is 2. The van der Waals surface area contributed by atoms with Gasteiger partial charge in [0.1, 0.15) is 0 Å². The number of likely N-dealkylation sites (tertiary alicyclic amines) is 1. The van der Waals surface area contributed by atoms with E-state index in [0.717, 1.165) is 49.3 Å². The van der Waals surface area contributed by atoms with Crippen LogP contribution < -0.4 is 16.0 Å². The molecule has 0 aromatic heterocycles. The van der Waals surface area contributed by atoms with Crippen LogP contribution in [0.3, 0.4) is 0 Å². The molecule has 1 aliphatic rings. The van der Waals surface area contributed by atoms with Crippen molar-refractivity contribution >= 4 is 23.2 Å². The minimum atomic E-state index is -0.0818. The Morgan fingerprint density at radius 3 is 2.32 bits per heavy atom. The molecule has 3 N–H and O–H groups in total. The first-order chi connectivity index (χ1) is 16.0. The highest BCUT2D eigenvalue weighted by Gasteiger charge is 2.25. The van der Waals surface area contributed by atoms with E-state index in [1.807, 2.05) is 37.3 Å². The monoisotopic (exact) mass is 464 g/mol. The second-order valence-electron chi connectivity index (χ2n) is 10.7. The van der Waals surface area contributed by atoms with E-state index in [1.54, 1.807) is 24.1 Å². The number of anilines is 2. The lowest BCUT2D eigenvalue weighted by Gasteiger charge is -2.33. The summed E-state index contributed by atoms with van der Waals surface area (Å²) in [4.78, 5) is 29.8. The van der Waals surface area contributed by atoms with Crippen molar-refractivity contribution in [2.75, 3.05) is 37.3 Å². The summed E-state index contributed by atoms with van der Waals surface area (Å²) in [5, 5.41) is 3.12. The summed E-state index contributed by atoms with van der Waals surface area (Å²) in [6.45, 7) is 12.4. The number of nitrogens with one attached hydrogen (secondary N) is 1. The van der Waals surface area contributed by atoms with Crippen LogP contribution in [-0.4, -0.2) is 43.4 Å². The molecule has 184 valence electrons. The molecule has 2 aromatic carbocycles. The molecule has 0 unspecified atom stereocenters. The fraction of sp³-hybridized carbons (Fsp3) is 0.500. The van der Waals surface area contributed by atoms with Gasteiger partial charge in [0.25, 0.3) is 5.91 Å². The van der Waals surface area contributed by atoms with Gasteiger partial charge in [-0.2, -0.15) is 0 Å². The van der Waals surface area contributed by atoms with Crippen LogP contribution in [0, 0.1) is 18.3 Å². The topological polar surface area (TPSA) is 78.7 Å². The molecule has 6 nitrogen and oxygen atoms in total. The van der Waals surface area contributed by atoms with Crippen LogP contribution in [0.1, 0.15) is 61.5 Å². The van der Waals surface area contributed by atoms with Gasteiger partial charge in [0.2, 0.25) is 5.91 Å². The van der Waals surface area contributed by atoms with Crippen LogP contribution in [0.5, 0.6) is 0 Å². The number of hydrogen-bond acceptors (Lipinski definition) is 4. The van der Waals surface area contributed by atoms with Crippen LogP contribution in [0.4, 0.5) is 11.4 Å². The Morgan fingerprint density at radius 1 is 1.09 bits per heavy atom. The van der Waals surface area contributed by atoms with Gasteiger partial charge in [-0.15, -0.1) is 0 Å². The van der Waals surface area contributed by atoms with Crippen molar-refractivity contribution in [2.45, 2.75) is 53.5 Å². The Kier molecular flexibility index (Phi) is 8.37. The third-order valence-corrected chi connectivity index (χ3v) is 6.76. The van der Waals surface area contributed by atoms with E-state index in [9.17, 15) is 9.59 Å². The van der Waals surface area contributed by atoms with Crippen molar-refractivity contribution in [1.29, 1.82) is 0 Å². The smallest absolute Gasteiger partial charge is 0.258 e. The number of carbonyl (C=O) groups excluding carboxylic acids is 2. The van der Waals surface area contributed by atoms with E-state index in [-0.39, 0.29) is 17.7 Å². The zero-order valence-electron chi connectivity index (χ0n) is 21.4. The molecule has 2 amide bonds. The largest absolute Gasteiger partial charge is 0.399 e. The summed E-state index contributed by atoms with van der Waals surface area (Å²) in [6.07, 6.45) is 3.01. The van der Waals surface area contributed by atoms with Gasteiger partial charge in [-0.1, -0.05) is 26.8 Å². The summed E-state index contributed by atoms with van der Waals surface area (Å²) >= 11 is 0. The lowest BCUT2D eigenvalue weighted by Crippen LogP contribution is -2.41. The van der Waals surface area contributed by atoms with E-state index in [1.165, 1.54) is 6.42 Å². The highest BCUT2D eigenvalue weighted by atomic mass is 16.2. The Bertz CT molecular complexity index is 986. The Hall–Kier alpha value is -2.86. The maximum absolute atomic E-state index is 12.9. The number of nitrogens with two attached hydrogens (primary N) is 1. The van der Waals surface area contributed by atoms with E-state index in [4.69, 9.17) is 5.73 Å². The number of hydrogen-bond donors (Lipinski definition) is 2. The molecule has 0 aliphatic carbocycles. The van der Waals surface area contributed by atoms with Gasteiger partial charge in [-0.05, 0) is 98.8 Å². The molecule has 0 saturated carbocycles. The normalized spacial score (nSPS) is 15.2. The van der Waals surface area contributed by atoms with Crippen LogP contribution in [0.15, 0.2) is 42.5 Å². The van der Waals surface area contributed by atoms with Crippen molar-refractivity contribution in [2.24, 2.45) is 11.3 Å². The van der Waals surface area contributed by atoms with E-state index >= 15 is 0 Å². The first-order valence-electron chi connectivity index (χ1n) is 12.3. The minimum Gasteiger partial charge on any atom is -0.399 e. The molecule has 2 aromatic rings. The fourth-order valence-electron chi connectivity index (χ4n) is 4.28. The van der Waals surface area contributed by atoms with Crippen molar-refractivity contribution in [1.82, 2.24) is 10.2 Å². The molecule has 0 spiro atoms. The number of benzene rings is 2. The zero-order valence-corrected chi connectivity index (χ0v) is 21.4. The molecule has 1 aliphatic heterocycles. The van der Waals surface area contributed by atoms with Crippen molar-refractivity contribution in [3.63, 3.8) is 0 Å². The molecule has 0 radical (unpaired) electrons. The number of nitrogen functional groups attached to an aromatic ring is 1. The van der Waals surface area contributed by atoms with Gasteiger partial charge >= 0.3 is 0 Å². The highest BCUT2D eigenvalue weighted by Crippen LogP contribution is 2.23. The molecule has 0 bridgehead atoms. The maximum atomic E-state index is 12.9. The van der Waals surface area contributed by atoms with Crippen LogP contribution in [0.25, 0.3) is 0 Å². The number of aryl methyl sites for hydroxylation is 1. The van der Waals surface area contributed by atoms with Gasteiger partial charge < -0.3 is 20.9 Å². The number of carbonyl (C=O) groups is 2. The number of rotatable bonds is 7. The maximum Gasteiger partial charge on any atom is 0.258 e. The third kappa shape index (κ3) is 7.07. The quantitative estimate of drug-likeness (QED) is 0.586. The van der Waals surface area contributed by atoms with Gasteiger partial charge in [-0.25, -0.2) is 0 Å². The predicted octanol–water partition coefficient (Wildman–Crippen LogP) is 4.62. The Balaban J connectivity index is 1.50. The second-order valence-corrected chi connectivity index (χ2v) is 10.7. The lowest BCUT2D eigenvalue weighted by molar-refractivity contribution is -0.126. The SMILES string of the molecule is Cc1cc(C(=O)N(C)c2ccc(N)cc2)ccc1CNC(=O)C1CCN(CCC(C)(C)C)CC1. The first-order valence-corrected chi connectivity index (χ1v) is 12.3. The lowest BCUT2D eigenvalue weighted by atomic mass is 9.90. The standard InChI is InChI=1S/C28H40N4O2/c1-20-18-22(27(34)31(5)25-10-8-24(29)9-11-25)6-7-23(20)19-30-26(33)21-12-15-32(16-13-21)17-14-28(2,3)4/h6-11,18,21H,12-17,19,29H2,1-5H3,(H,30,33). The van der Waals surface area contributed by atoms with Crippen molar-refractivity contribution in [3.05, 3.63) is 59.2 Å². The Morgan fingerprint density at radius 2 is 1.74 bits per heavy atom. The summed E-state index contributed by atoms with van der Waals surface area (Å²) < 4.78 is 0. The summed E-state index contributed by atoms with van der Waals surface area (Å²) in [5.74, 6) is 0.139. The molecule has 6 heteroatoms. The molecule has 34 heavy (non-hydrogen) atoms. The van der Waals surface area contributed by atoms with Crippen molar-refractivity contribution < 1.29 is 9.59 Å². The van der Waals surface area contributed by atoms with Gasteiger partial charge in [0.05, 0.1) is 0 Å². The predicted molar refractivity (Wildman–Crippen MR) is 140 cm³/mol. The average Bonchev–Trinajstić information content (AvgIpc) is 2.81. The molecule has 1 saturated heterocycles. The molecular formula is C28H40N4O2. The summed E-state index contributed by atoms with van der Waals surface area (Å²) in [7, 11) is 1.76. The number of piperidine rings is 1. The van der Waals surface area contributed by atoms with Crippen molar-refractivity contribution in [3.8, 4) is 0 Å². The molecule has 0 atom stereocenters. The third-order valence-electron chi connectivity index (χ3n) is 6.76. The van der Waals surface area contributed by atoms with Gasteiger partial charge in [-0.3, -0.25) is 9.59 Å². The minimum absolute atomic E-state index is 0.0818. The highest BCUT2D eigenvalue weighted by molar-refractivity contribution is 6.05. The summed E-state index contributed by atoms with van der Waals surface area (Å²) in [6, 6.07) is 12.9. The van der Waals surface area contributed by atoms with E-state index in [0.29, 0.717) is 23.2 Å². The van der Waals surface area contributed by atoms with Gasteiger partial charge in [0, 0.05) is 36.4 Å². The van der Waals surface area contributed by atoms with E-state index < -0.39 is 0 Å².